The van der Waals surface area contributed by atoms with E-state index in [-0.39, 0.29) is 16.6 Å². The lowest BCUT2D eigenvalue weighted by Crippen LogP contribution is -1.93. The van der Waals surface area contributed by atoms with Gasteiger partial charge in [0, 0.05) is 17.3 Å². The molecule has 2 aromatic carbocycles. The molecular weight excluding hydrogens is 376 g/mol. The molecule has 0 radical (unpaired) electrons. The highest BCUT2D eigenvalue weighted by Gasteiger charge is 2.21. The number of aromatic nitrogens is 1. The van der Waals surface area contributed by atoms with Gasteiger partial charge >= 0.3 is 0 Å². The van der Waals surface area contributed by atoms with E-state index >= 15 is 0 Å². The van der Waals surface area contributed by atoms with Crippen LogP contribution in [0, 0.1) is 5.82 Å². The number of fused-ring (bicyclic) bond motifs is 1. The minimum absolute atomic E-state index is 0.000804. The first-order valence-corrected chi connectivity index (χ1v) is 8.39. The van der Waals surface area contributed by atoms with Gasteiger partial charge in [-0.05, 0) is 23.8 Å². The summed E-state index contributed by atoms with van der Waals surface area (Å²) in [6, 6.07) is 11.6. The second kappa shape index (κ2) is 6.20. The zero-order chi connectivity index (χ0) is 18.4. The van der Waals surface area contributed by atoms with Crippen molar-refractivity contribution in [2.75, 3.05) is 11.5 Å². The van der Waals surface area contributed by atoms with Crippen LogP contribution in [0.25, 0.3) is 33.4 Å². The highest BCUT2D eigenvalue weighted by molar-refractivity contribution is 6.33. The third-order valence-electron chi connectivity index (χ3n) is 4.14. The van der Waals surface area contributed by atoms with Gasteiger partial charge in [-0.15, -0.1) is 0 Å². The predicted molar refractivity (Wildman–Crippen MR) is 104 cm³/mol. The molecule has 4 N–H and O–H groups in total. The number of nitrogens with two attached hydrogens (primary N) is 2. The van der Waals surface area contributed by atoms with Gasteiger partial charge < -0.3 is 15.9 Å². The summed E-state index contributed by atoms with van der Waals surface area (Å²) in [4.78, 5) is 4.49. The van der Waals surface area contributed by atoms with Gasteiger partial charge in [-0.3, -0.25) is 4.98 Å². The number of benzene rings is 2. The van der Waals surface area contributed by atoms with Crippen LogP contribution in [0.4, 0.5) is 16.0 Å². The first kappa shape index (κ1) is 16.7. The van der Waals surface area contributed by atoms with Crippen LogP contribution >= 0.6 is 23.2 Å². The quantitative estimate of drug-likeness (QED) is 0.457. The van der Waals surface area contributed by atoms with E-state index < -0.39 is 5.82 Å². The maximum atomic E-state index is 13.5. The van der Waals surface area contributed by atoms with Crippen molar-refractivity contribution in [3.8, 4) is 22.4 Å². The molecule has 130 valence electrons. The van der Waals surface area contributed by atoms with E-state index in [0.717, 1.165) is 0 Å². The second-order valence-electron chi connectivity index (χ2n) is 5.71. The lowest BCUT2D eigenvalue weighted by atomic mass is 10.0. The molecule has 0 spiro atoms. The molecular formula is C19H12Cl2FN3O. The number of nitrogen functional groups attached to an aromatic ring is 2. The normalized spacial score (nSPS) is 11.2. The fourth-order valence-electron chi connectivity index (χ4n) is 2.88. The van der Waals surface area contributed by atoms with Crippen LogP contribution in [-0.4, -0.2) is 4.98 Å². The maximum Gasteiger partial charge on any atom is 0.215 e. The van der Waals surface area contributed by atoms with Crippen molar-refractivity contribution in [2.45, 2.75) is 0 Å². The smallest absolute Gasteiger partial charge is 0.215 e. The van der Waals surface area contributed by atoms with Crippen molar-refractivity contribution in [1.82, 2.24) is 4.98 Å². The molecule has 0 unspecified atom stereocenters. The van der Waals surface area contributed by atoms with Crippen molar-refractivity contribution < 1.29 is 8.81 Å². The molecule has 0 aliphatic carbocycles. The van der Waals surface area contributed by atoms with Crippen molar-refractivity contribution in [1.29, 1.82) is 0 Å². The standard InChI is InChI=1S/C19H12Cl2FN3O/c20-12-4-2-1-3-10(12)17-18-15(16(23)19(24)26-18)11(8-25-17)9-5-6-14(22)13(21)7-9/h1-8H,23-24H2. The van der Waals surface area contributed by atoms with E-state index in [1.165, 1.54) is 12.1 Å². The summed E-state index contributed by atoms with van der Waals surface area (Å²) in [6.45, 7) is 0. The van der Waals surface area contributed by atoms with Crippen LogP contribution in [0.3, 0.4) is 0 Å². The van der Waals surface area contributed by atoms with Crippen LogP contribution in [-0.2, 0) is 0 Å². The monoisotopic (exact) mass is 387 g/mol. The number of halogens is 3. The Labute approximate surface area is 158 Å². The number of anilines is 2. The molecule has 4 rings (SSSR count). The summed E-state index contributed by atoms with van der Waals surface area (Å²) >= 11 is 12.2. The van der Waals surface area contributed by atoms with Crippen molar-refractivity contribution >= 4 is 45.7 Å². The van der Waals surface area contributed by atoms with E-state index in [1.54, 1.807) is 18.3 Å². The maximum absolute atomic E-state index is 13.5. The Morgan fingerprint density at radius 3 is 2.46 bits per heavy atom. The number of hydrogen-bond acceptors (Lipinski definition) is 4. The summed E-state index contributed by atoms with van der Waals surface area (Å²) in [5, 5.41) is 1.10. The Hall–Kier alpha value is -2.76. The molecule has 4 nitrogen and oxygen atoms in total. The largest absolute Gasteiger partial charge is 0.436 e. The van der Waals surface area contributed by atoms with Crippen molar-refractivity contribution in [3.05, 3.63) is 64.5 Å². The third-order valence-corrected chi connectivity index (χ3v) is 4.76. The summed E-state index contributed by atoms with van der Waals surface area (Å²) in [7, 11) is 0. The lowest BCUT2D eigenvalue weighted by Gasteiger charge is -2.09. The van der Waals surface area contributed by atoms with Gasteiger partial charge in [0.15, 0.2) is 5.58 Å². The van der Waals surface area contributed by atoms with Crippen LogP contribution in [0.15, 0.2) is 53.1 Å². The Kier molecular flexibility index (Phi) is 3.98. The molecule has 0 saturated heterocycles. The highest BCUT2D eigenvalue weighted by atomic mass is 35.5. The number of rotatable bonds is 2. The number of hydrogen-bond donors (Lipinski definition) is 2. The Morgan fingerprint density at radius 1 is 0.962 bits per heavy atom. The van der Waals surface area contributed by atoms with Gasteiger partial charge in [-0.25, -0.2) is 4.39 Å². The average Bonchev–Trinajstić information content (AvgIpc) is 2.93. The van der Waals surface area contributed by atoms with Crippen molar-refractivity contribution in [2.24, 2.45) is 0 Å². The fourth-order valence-corrected chi connectivity index (χ4v) is 3.28. The molecule has 0 saturated carbocycles. The molecule has 4 aromatic rings. The number of pyridine rings is 1. The van der Waals surface area contributed by atoms with Crippen LogP contribution in [0.1, 0.15) is 0 Å². The third kappa shape index (κ3) is 2.57. The van der Waals surface area contributed by atoms with Gasteiger partial charge in [-0.2, -0.15) is 0 Å². The van der Waals surface area contributed by atoms with E-state index in [4.69, 9.17) is 39.1 Å². The Balaban J connectivity index is 2.05. The fraction of sp³-hybridized carbons (Fsp3) is 0. The Bertz CT molecular complexity index is 1160. The van der Waals surface area contributed by atoms with E-state index in [0.29, 0.717) is 38.4 Å². The minimum atomic E-state index is -0.507. The highest BCUT2D eigenvalue weighted by Crippen LogP contribution is 2.43. The molecule has 7 heteroatoms. The molecule has 0 amide bonds. The van der Waals surface area contributed by atoms with Crippen LogP contribution in [0.5, 0.6) is 0 Å². The molecule has 0 aliphatic heterocycles. The number of furan rings is 1. The molecule has 0 atom stereocenters. The topological polar surface area (TPSA) is 78.1 Å². The molecule has 2 aromatic heterocycles. The predicted octanol–water partition coefficient (Wildman–Crippen LogP) is 5.77. The van der Waals surface area contributed by atoms with Gasteiger partial charge in [-0.1, -0.05) is 47.5 Å². The molecule has 26 heavy (non-hydrogen) atoms. The molecule has 0 fully saturated rings. The second-order valence-corrected chi connectivity index (χ2v) is 6.53. The summed E-state index contributed by atoms with van der Waals surface area (Å²) in [6.07, 6.45) is 1.62. The van der Waals surface area contributed by atoms with E-state index in [1.807, 2.05) is 18.2 Å². The lowest BCUT2D eigenvalue weighted by molar-refractivity contribution is 0.628. The van der Waals surface area contributed by atoms with E-state index in [9.17, 15) is 4.39 Å². The first-order chi connectivity index (χ1) is 12.5. The van der Waals surface area contributed by atoms with Crippen LogP contribution in [0.2, 0.25) is 10.0 Å². The van der Waals surface area contributed by atoms with E-state index in [2.05, 4.69) is 4.98 Å². The zero-order valence-electron chi connectivity index (χ0n) is 13.3. The van der Waals surface area contributed by atoms with Gasteiger partial charge in [0.25, 0.3) is 0 Å². The summed E-state index contributed by atoms with van der Waals surface area (Å²) < 4.78 is 19.2. The average molecular weight is 388 g/mol. The minimum Gasteiger partial charge on any atom is -0.436 e. The van der Waals surface area contributed by atoms with Gasteiger partial charge in [0.1, 0.15) is 17.2 Å². The van der Waals surface area contributed by atoms with Gasteiger partial charge in [0.2, 0.25) is 5.88 Å². The van der Waals surface area contributed by atoms with Crippen molar-refractivity contribution in [3.63, 3.8) is 0 Å². The first-order valence-electron chi connectivity index (χ1n) is 7.64. The Morgan fingerprint density at radius 2 is 1.73 bits per heavy atom. The van der Waals surface area contributed by atoms with Gasteiger partial charge in [0.05, 0.1) is 15.4 Å². The molecule has 2 heterocycles. The molecule has 0 aliphatic rings. The number of nitrogens with zero attached hydrogens (tertiary/aromatic N) is 1. The SMILES string of the molecule is Nc1oc2c(-c3ccccc3Cl)ncc(-c3ccc(F)c(Cl)c3)c2c1N. The summed E-state index contributed by atoms with van der Waals surface area (Å²) in [5.41, 5.74) is 15.2. The molecule has 0 bridgehead atoms. The van der Waals surface area contributed by atoms with Crippen LogP contribution < -0.4 is 11.5 Å². The zero-order valence-corrected chi connectivity index (χ0v) is 14.8. The summed E-state index contributed by atoms with van der Waals surface area (Å²) in [5.74, 6) is -0.428.